The van der Waals surface area contributed by atoms with Gasteiger partial charge >= 0.3 is 0 Å². The van der Waals surface area contributed by atoms with E-state index in [0.29, 0.717) is 16.9 Å². The Labute approximate surface area is 126 Å². The lowest BCUT2D eigenvalue weighted by Crippen LogP contribution is -2.15. The number of methoxy groups -OCH3 is 1. The number of carbonyl (C=O) groups is 1. The van der Waals surface area contributed by atoms with Gasteiger partial charge in [-0.05, 0) is 19.1 Å². The summed E-state index contributed by atoms with van der Waals surface area (Å²) < 4.78 is 10.5. The smallest absolute Gasteiger partial charge is 0.228 e. The molecule has 6 heteroatoms. The predicted octanol–water partition coefficient (Wildman–Crippen LogP) is 2.36. The second-order valence-electron chi connectivity index (χ2n) is 4.94. The van der Waals surface area contributed by atoms with E-state index in [1.165, 1.54) is 14.0 Å². The molecule has 6 nitrogen and oxygen atoms in total. The molecule has 0 aromatic heterocycles. The van der Waals surface area contributed by atoms with Crippen LogP contribution in [0.4, 0.5) is 0 Å². The molecule has 0 aliphatic carbocycles. The molecule has 3 N–H and O–H groups in total. The summed E-state index contributed by atoms with van der Waals surface area (Å²) in [4.78, 5) is 11.6. The van der Waals surface area contributed by atoms with Gasteiger partial charge in [-0.2, -0.15) is 0 Å². The lowest BCUT2D eigenvalue weighted by atomic mass is 9.91. The first kappa shape index (κ1) is 14.2. The van der Waals surface area contributed by atoms with Crippen molar-refractivity contribution in [2.45, 2.75) is 13.2 Å². The van der Waals surface area contributed by atoms with Crippen LogP contribution in [0.1, 0.15) is 29.1 Å². The third-order valence-electron chi connectivity index (χ3n) is 3.64. The molecule has 0 amide bonds. The van der Waals surface area contributed by atoms with Crippen LogP contribution < -0.4 is 9.47 Å². The number of benzene rings is 2. The fourth-order valence-corrected chi connectivity index (χ4v) is 2.64. The van der Waals surface area contributed by atoms with E-state index < -0.39 is 12.1 Å². The maximum atomic E-state index is 11.6. The molecule has 114 valence electrons. The van der Waals surface area contributed by atoms with E-state index in [-0.39, 0.29) is 28.4 Å². The number of hydrogen-bond donors (Lipinski definition) is 3. The van der Waals surface area contributed by atoms with Crippen molar-refractivity contribution in [3.63, 3.8) is 0 Å². The van der Waals surface area contributed by atoms with E-state index in [9.17, 15) is 20.1 Å². The highest BCUT2D eigenvalue weighted by molar-refractivity contribution is 6.01. The quantitative estimate of drug-likeness (QED) is 0.582. The SMILES string of the molecule is COc1cccc2c1C(O)Oc1c(O)cc(C(C)=O)c(O)c1-2. The van der Waals surface area contributed by atoms with E-state index in [1.807, 2.05) is 0 Å². The second kappa shape index (κ2) is 4.92. The van der Waals surface area contributed by atoms with Crippen LogP contribution >= 0.6 is 0 Å². The molecular formula is C16H14O6. The number of phenolic OH excluding ortho intramolecular Hbond substituents is 2. The average molecular weight is 302 g/mol. The normalized spacial score (nSPS) is 15.5. The number of aliphatic hydroxyl groups is 1. The average Bonchev–Trinajstić information content (AvgIpc) is 2.49. The standard InChI is InChI=1S/C16H14O6/c1-7(17)9-6-10(18)15-13(14(9)19)8-4-3-5-11(21-2)12(8)16(20)22-15/h3-6,16,18-20H,1-2H3. The summed E-state index contributed by atoms with van der Waals surface area (Å²) in [6.45, 7) is 1.28. The molecule has 1 aliphatic rings. The van der Waals surface area contributed by atoms with Crippen molar-refractivity contribution >= 4 is 5.78 Å². The van der Waals surface area contributed by atoms with Crippen molar-refractivity contribution in [3.05, 3.63) is 35.4 Å². The molecule has 2 aromatic carbocycles. The van der Waals surface area contributed by atoms with E-state index in [4.69, 9.17) is 9.47 Å². The zero-order valence-electron chi connectivity index (χ0n) is 12.0. The first-order valence-corrected chi connectivity index (χ1v) is 6.57. The number of fused-ring (bicyclic) bond motifs is 3. The maximum absolute atomic E-state index is 11.6. The fraction of sp³-hybridized carbons (Fsp3) is 0.188. The van der Waals surface area contributed by atoms with Crippen molar-refractivity contribution in [1.82, 2.24) is 0 Å². The molecule has 0 saturated heterocycles. The monoisotopic (exact) mass is 302 g/mol. The van der Waals surface area contributed by atoms with Crippen molar-refractivity contribution in [2.24, 2.45) is 0 Å². The Hall–Kier alpha value is -2.73. The van der Waals surface area contributed by atoms with Gasteiger partial charge in [-0.3, -0.25) is 4.79 Å². The lowest BCUT2D eigenvalue weighted by Gasteiger charge is -2.28. The van der Waals surface area contributed by atoms with E-state index in [1.54, 1.807) is 18.2 Å². The Kier molecular flexibility index (Phi) is 3.18. The molecule has 22 heavy (non-hydrogen) atoms. The van der Waals surface area contributed by atoms with Crippen molar-refractivity contribution in [3.8, 4) is 34.1 Å². The van der Waals surface area contributed by atoms with Crippen LogP contribution in [0.25, 0.3) is 11.1 Å². The lowest BCUT2D eigenvalue weighted by molar-refractivity contribution is -0.0246. The van der Waals surface area contributed by atoms with Crippen LogP contribution in [0, 0.1) is 0 Å². The Morgan fingerprint density at radius 2 is 2.05 bits per heavy atom. The Bertz CT molecular complexity index is 781. The second-order valence-corrected chi connectivity index (χ2v) is 4.94. The van der Waals surface area contributed by atoms with Crippen LogP contribution in [0.3, 0.4) is 0 Å². The molecule has 1 heterocycles. The number of carbonyl (C=O) groups excluding carboxylic acids is 1. The predicted molar refractivity (Wildman–Crippen MR) is 77.4 cm³/mol. The van der Waals surface area contributed by atoms with Crippen molar-refractivity contribution < 1.29 is 29.6 Å². The maximum Gasteiger partial charge on any atom is 0.228 e. The van der Waals surface area contributed by atoms with Crippen LogP contribution in [0.15, 0.2) is 24.3 Å². The number of ketones is 1. The highest BCUT2D eigenvalue weighted by Crippen LogP contribution is 2.53. The Morgan fingerprint density at radius 3 is 2.68 bits per heavy atom. The number of aromatic hydroxyl groups is 2. The molecular weight excluding hydrogens is 288 g/mol. The summed E-state index contributed by atoms with van der Waals surface area (Å²) in [6, 6.07) is 6.08. The number of ether oxygens (including phenoxy) is 2. The van der Waals surface area contributed by atoms with Gasteiger partial charge in [-0.25, -0.2) is 0 Å². The first-order valence-electron chi connectivity index (χ1n) is 6.57. The van der Waals surface area contributed by atoms with Crippen molar-refractivity contribution in [2.75, 3.05) is 7.11 Å². The van der Waals surface area contributed by atoms with E-state index in [2.05, 4.69) is 0 Å². The van der Waals surface area contributed by atoms with Gasteiger partial charge in [-0.1, -0.05) is 12.1 Å². The summed E-state index contributed by atoms with van der Waals surface area (Å²) in [6.07, 6.45) is -1.35. The summed E-state index contributed by atoms with van der Waals surface area (Å²) >= 11 is 0. The molecule has 1 atom stereocenters. The van der Waals surface area contributed by atoms with E-state index in [0.717, 1.165) is 6.07 Å². The molecule has 0 saturated carbocycles. The largest absolute Gasteiger partial charge is 0.506 e. The number of phenols is 2. The van der Waals surface area contributed by atoms with E-state index >= 15 is 0 Å². The van der Waals surface area contributed by atoms with Crippen LogP contribution in [0.2, 0.25) is 0 Å². The summed E-state index contributed by atoms with van der Waals surface area (Å²) in [5.74, 6) is -0.725. The molecule has 1 unspecified atom stereocenters. The van der Waals surface area contributed by atoms with Crippen LogP contribution in [-0.4, -0.2) is 28.2 Å². The summed E-state index contributed by atoms with van der Waals surface area (Å²) in [7, 11) is 1.45. The zero-order valence-corrected chi connectivity index (χ0v) is 12.0. The van der Waals surface area contributed by atoms with Gasteiger partial charge in [-0.15, -0.1) is 0 Å². The van der Waals surface area contributed by atoms with Gasteiger partial charge in [0.1, 0.15) is 11.5 Å². The number of aliphatic hydroxyl groups excluding tert-OH is 1. The summed E-state index contributed by atoms with van der Waals surface area (Å²) in [5, 5.41) is 30.6. The highest BCUT2D eigenvalue weighted by atomic mass is 16.6. The third kappa shape index (κ3) is 1.88. The van der Waals surface area contributed by atoms with Gasteiger partial charge in [0.05, 0.1) is 23.8 Å². The minimum atomic E-state index is -1.35. The number of rotatable bonds is 2. The molecule has 0 radical (unpaired) electrons. The van der Waals surface area contributed by atoms with Gasteiger partial charge in [0.2, 0.25) is 6.29 Å². The Morgan fingerprint density at radius 1 is 1.32 bits per heavy atom. The fourth-order valence-electron chi connectivity index (χ4n) is 2.64. The first-order chi connectivity index (χ1) is 10.5. The van der Waals surface area contributed by atoms with Crippen LogP contribution in [-0.2, 0) is 0 Å². The molecule has 0 bridgehead atoms. The third-order valence-corrected chi connectivity index (χ3v) is 3.64. The summed E-state index contributed by atoms with van der Waals surface area (Å²) in [5.41, 5.74) is 0.895. The van der Waals surface area contributed by atoms with Gasteiger partial charge in [0.15, 0.2) is 17.3 Å². The zero-order chi connectivity index (χ0) is 16.0. The van der Waals surface area contributed by atoms with Crippen LogP contribution in [0.5, 0.6) is 23.0 Å². The molecule has 0 fully saturated rings. The molecule has 3 rings (SSSR count). The highest BCUT2D eigenvalue weighted by Gasteiger charge is 2.33. The topological polar surface area (TPSA) is 96.2 Å². The molecule has 0 spiro atoms. The molecule has 2 aromatic rings. The number of hydrogen-bond acceptors (Lipinski definition) is 6. The van der Waals surface area contributed by atoms with Gasteiger partial charge in [0, 0.05) is 5.56 Å². The molecule has 1 aliphatic heterocycles. The minimum absolute atomic E-state index is 0.0231. The van der Waals surface area contributed by atoms with Gasteiger partial charge in [0.25, 0.3) is 0 Å². The van der Waals surface area contributed by atoms with Crippen molar-refractivity contribution in [1.29, 1.82) is 0 Å². The Balaban J connectivity index is 2.39. The minimum Gasteiger partial charge on any atom is -0.506 e. The number of Topliss-reactive ketones (excluding diaryl/α,β-unsaturated/α-hetero) is 1. The van der Waals surface area contributed by atoms with Gasteiger partial charge < -0.3 is 24.8 Å².